The molecule has 2 aliphatic carbocycles. The molecule has 146 valence electrons. The highest BCUT2D eigenvalue weighted by molar-refractivity contribution is 9.10. The van der Waals surface area contributed by atoms with Gasteiger partial charge in [-0.15, -0.1) is 0 Å². The Bertz CT molecular complexity index is 934. The Morgan fingerprint density at radius 2 is 1.86 bits per heavy atom. The van der Waals surface area contributed by atoms with Gasteiger partial charge in [0.15, 0.2) is 0 Å². The van der Waals surface area contributed by atoms with Crippen LogP contribution in [-0.2, 0) is 10.4 Å². The molecule has 3 atom stereocenters. The molecule has 4 rings (SSSR count). The van der Waals surface area contributed by atoms with Crippen molar-refractivity contribution >= 4 is 33.3 Å². The van der Waals surface area contributed by atoms with E-state index in [1.807, 2.05) is 24.3 Å². The van der Waals surface area contributed by atoms with Crippen molar-refractivity contribution in [2.45, 2.75) is 50.5 Å². The standard InChI is InChI=1S/C24H24BrClO2/c1-15(27)23-21(16-6-4-7-19(25)13-16)14-17-5-2-3-8-22(17)24(23,28)18-9-11-20(26)12-10-18/h4,6-7,9-13,21,23,28H,2-3,5,8,14H2,1H3/t21-,23-,24+/m0/s1. The Morgan fingerprint density at radius 1 is 1.14 bits per heavy atom. The van der Waals surface area contributed by atoms with Gasteiger partial charge in [-0.2, -0.15) is 0 Å². The summed E-state index contributed by atoms with van der Waals surface area (Å²) in [7, 11) is 0. The Kier molecular flexibility index (Phi) is 5.52. The molecular weight excluding hydrogens is 436 g/mol. The topological polar surface area (TPSA) is 37.3 Å². The van der Waals surface area contributed by atoms with E-state index in [1.54, 1.807) is 19.1 Å². The van der Waals surface area contributed by atoms with Crippen LogP contribution in [-0.4, -0.2) is 10.9 Å². The molecule has 0 bridgehead atoms. The molecule has 0 saturated carbocycles. The first-order valence-electron chi connectivity index (χ1n) is 9.87. The maximum atomic E-state index is 13.0. The van der Waals surface area contributed by atoms with Gasteiger partial charge in [0, 0.05) is 15.4 Å². The number of ketones is 1. The van der Waals surface area contributed by atoms with Gasteiger partial charge in [0.2, 0.25) is 0 Å². The fraction of sp³-hybridized carbons (Fsp3) is 0.375. The van der Waals surface area contributed by atoms with Gasteiger partial charge in [-0.05, 0) is 80.0 Å². The van der Waals surface area contributed by atoms with Crippen LogP contribution in [0.2, 0.25) is 5.02 Å². The maximum Gasteiger partial charge on any atom is 0.137 e. The number of carbonyl (C=O) groups excluding carboxylic acids is 1. The lowest BCUT2D eigenvalue weighted by Gasteiger charge is -2.48. The van der Waals surface area contributed by atoms with Crippen molar-refractivity contribution < 1.29 is 9.90 Å². The molecule has 1 N–H and O–H groups in total. The van der Waals surface area contributed by atoms with Gasteiger partial charge in [-0.1, -0.05) is 57.4 Å². The second kappa shape index (κ2) is 7.78. The first-order valence-corrected chi connectivity index (χ1v) is 11.0. The molecule has 0 radical (unpaired) electrons. The van der Waals surface area contributed by atoms with E-state index < -0.39 is 11.5 Å². The Labute approximate surface area is 179 Å². The smallest absolute Gasteiger partial charge is 0.137 e. The van der Waals surface area contributed by atoms with Crippen LogP contribution in [0.25, 0.3) is 0 Å². The zero-order valence-electron chi connectivity index (χ0n) is 15.9. The summed E-state index contributed by atoms with van der Waals surface area (Å²) in [5.74, 6) is -0.535. The summed E-state index contributed by atoms with van der Waals surface area (Å²) in [5.41, 5.74) is 2.97. The van der Waals surface area contributed by atoms with Crippen LogP contribution in [0.1, 0.15) is 56.1 Å². The van der Waals surface area contributed by atoms with Gasteiger partial charge in [-0.3, -0.25) is 4.79 Å². The largest absolute Gasteiger partial charge is 0.380 e. The molecule has 0 unspecified atom stereocenters. The summed E-state index contributed by atoms with van der Waals surface area (Å²) in [4.78, 5) is 13.0. The van der Waals surface area contributed by atoms with Crippen molar-refractivity contribution in [1.82, 2.24) is 0 Å². The Morgan fingerprint density at radius 3 is 2.54 bits per heavy atom. The minimum atomic E-state index is -1.28. The van der Waals surface area contributed by atoms with E-state index in [-0.39, 0.29) is 11.7 Å². The highest BCUT2D eigenvalue weighted by Crippen LogP contribution is 2.55. The van der Waals surface area contributed by atoms with E-state index in [1.165, 1.54) is 5.57 Å². The van der Waals surface area contributed by atoms with Crippen molar-refractivity contribution in [2.24, 2.45) is 5.92 Å². The fourth-order valence-corrected chi connectivity index (χ4v) is 5.74. The average Bonchev–Trinajstić information content (AvgIpc) is 2.68. The summed E-state index contributed by atoms with van der Waals surface area (Å²) in [6.07, 6.45) is 4.89. The highest BCUT2D eigenvalue weighted by atomic mass is 79.9. The molecule has 0 fully saturated rings. The second-order valence-electron chi connectivity index (χ2n) is 8.02. The minimum absolute atomic E-state index is 0.0274. The number of rotatable bonds is 3. The zero-order chi connectivity index (χ0) is 19.9. The molecular formula is C24H24BrClO2. The van der Waals surface area contributed by atoms with Crippen molar-refractivity contribution in [3.8, 4) is 0 Å². The summed E-state index contributed by atoms with van der Waals surface area (Å²) in [5, 5.41) is 12.9. The summed E-state index contributed by atoms with van der Waals surface area (Å²) in [6, 6.07) is 15.5. The van der Waals surface area contributed by atoms with E-state index in [2.05, 4.69) is 28.1 Å². The molecule has 0 aromatic heterocycles. The van der Waals surface area contributed by atoms with Crippen molar-refractivity contribution in [3.05, 3.63) is 80.3 Å². The van der Waals surface area contributed by atoms with Crippen LogP contribution < -0.4 is 0 Å². The van der Waals surface area contributed by atoms with Crippen LogP contribution in [0, 0.1) is 5.92 Å². The number of hydrogen-bond donors (Lipinski definition) is 1. The SMILES string of the molecule is CC(=O)[C@H]1[C@H](c2cccc(Br)c2)CC2=C(CCCC2)[C@]1(O)c1ccc(Cl)cc1. The third kappa shape index (κ3) is 3.38. The van der Waals surface area contributed by atoms with E-state index in [9.17, 15) is 9.90 Å². The van der Waals surface area contributed by atoms with Crippen molar-refractivity contribution in [1.29, 1.82) is 0 Å². The number of aliphatic hydroxyl groups is 1. The van der Waals surface area contributed by atoms with Crippen LogP contribution in [0.15, 0.2) is 64.1 Å². The molecule has 0 aliphatic heterocycles. The minimum Gasteiger partial charge on any atom is -0.380 e. The summed E-state index contributed by atoms with van der Waals surface area (Å²) in [6.45, 7) is 1.62. The van der Waals surface area contributed by atoms with Crippen molar-refractivity contribution in [3.63, 3.8) is 0 Å². The molecule has 2 aromatic rings. The normalized spacial score (nSPS) is 27.4. The van der Waals surface area contributed by atoms with Gasteiger partial charge >= 0.3 is 0 Å². The molecule has 0 heterocycles. The lowest BCUT2D eigenvalue weighted by atomic mass is 9.58. The van der Waals surface area contributed by atoms with Crippen LogP contribution >= 0.6 is 27.5 Å². The molecule has 28 heavy (non-hydrogen) atoms. The second-order valence-corrected chi connectivity index (χ2v) is 9.37. The molecule has 2 nitrogen and oxygen atoms in total. The van der Waals surface area contributed by atoms with Gasteiger partial charge in [0.1, 0.15) is 11.4 Å². The van der Waals surface area contributed by atoms with Crippen LogP contribution in [0.5, 0.6) is 0 Å². The third-order valence-corrected chi connectivity index (χ3v) is 7.11. The predicted octanol–water partition coefficient (Wildman–Crippen LogP) is 6.55. The number of carbonyl (C=O) groups is 1. The van der Waals surface area contributed by atoms with Gasteiger partial charge in [0.25, 0.3) is 0 Å². The predicted molar refractivity (Wildman–Crippen MR) is 117 cm³/mol. The van der Waals surface area contributed by atoms with Crippen molar-refractivity contribution in [2.75, 3.05) is 0 Å². The third-order valence-electron chi connectivity index (χ3n) is 6.36. The summed E-state index contributed by atoms with van der Waals surface area (Å²) < 4.78 is 0.991. The number of halogens is 2. The van der Waals surface area contributed by atoms with E-state index >= 15 is 0 Å². The van der Waals surface area contributed by atoms with E-state index in [0.29, 0.717) is 5.02 Å². The number of allylic oxidation sites excluding steroid dienone is 1. The maximum absolute atomic E-state index is 13.0. The molecule has 4 heteroatoms. The summed E-state index contributed by atoms with van der Waals surface area (Å²) >= 11 is 9.67. The molecule has 0 amide bonds. The van der Waals surface area contributed by atoms with Gasteiger partial charge < -0.3 is 5.11 Å². The van der Waals surface area contributed by atoms with Crippen LogP contribution in [0.4, 0.5) is 0 Å². The zero-order valence-corrected chi connectivity index (χ0v) is 18.3. The monoisotopic (exact) mass is 458 g/mol. The highest BCUT2D eigenvalue weighted by Gasteiger charge is 2.52. The molecule has 0 spiro atoms. The lowest BCUT2D eigenvalue weighted by Crippen LogP contribution is -2.48. The molecule has 0 saturated heterocycles. The number of Topliss-reactive ketones (excluding diaryl/α,β-unsaturated/α-hetero) is 1. The first kappa shape index (κ1) is 19.9. The Balaban J connectivity index is 1.93. The van der Waals surface area contributed by atoms with Crippen LogP contribution in [0.3, 0.4) is 0 Å². The lowest BCUT2D eigenvalue weighted by molar-refractivity contribution is -0.131. The fourth-order valence-electron chi connectivity index (χ4n) is 5.20. The quantitative estimate of drug-likeness (QED) is 0.528. The first-order chi connectivity index (χ1) is 13.4. The van der Waals surface area contributed by atoms with Gasteiger partial charge in [-0.25, -0.2) is 0 Å². The van der Waals surface area contributed by atoms with E-state index in [4.69, 9.17) is 11.6 Å². The number of hydrogen-bond acceptors (Lipinski definition) is 2. The molecule has 2 aromatic carbocycles. The molecule has 2 aliphatic rings. The van der Waals surface area contributed by atoms with E-state index in [0.717, 1.165) is 53.3 Å². The Hall–Kier alpha value is -1.42. The van der Waals surface area contributed by atoms with Gasteiger partial charge in [0.05, 0.1) is 5.92 Å². The number of benzene rings is 2. The average molecular weight is 460 g/mol.